The van der Waals surface area contributed by atoms with Gasteiger partial charge >= 0.3 is 0 Å². The highest BCUT2D eigenvalue weighted by Gasteiger charge is 2.10. The van der Waals surface area contributed by atoms with Gasteiger partial charge in [0.15, 0.2) is 0 Å². The van der Waals surface area contributed by atoms with Crippen molar-refractivity contribution in [2.24, 2.45) is 5.92 Å². The zero-order valence-electron chi connectivity index (χ0n) is 13.7. The van der Waals surface area contributed by atoms with Crippen LogP contribution in [0.5, 0.6) is 0 Å². The van der Waals surface area contributed by atoms with Gasteiger partial charge in [0.2, 0.25) is 0 Å². The van der Waals surface area contributed by atoms with Gasteiger partial charge in [-0.15, -0.1) is 0 Å². The maximum absolute atomic E-state index is 3.51. The number of hydrogen-bond acceptors (Lipinski definition) is 1. The van der Waals surface area contributed by atoms with E-state index < -0.39 is 0 Å². The highest BCUT2D eigenvalue weighted by atomic mass is 14.9. The molecule has 112 valence electrons. The van der Waals surface area contributed by atoms with Crippen molar-refractivity contribution >= 4 is 0 Å². The maximum Gasteiger partial charge on any atom is 0.0297 e. The van der Waals surface area contributed by atoms with E-state index in [0.29, 0.717) is 12.0 Å². The zero-order chi connectivity index (χ0) is 15.2. The number of nitrogens with one attached hydrogen (secondary N) is 1. The Hall–Kier alpha value is -1.60. The zero-order valence-corrected chi connectivity index (χ0v) is 13.7. The molecule has 2 aromatic rings. The first-order chi connectivity index (χ1) is 10.1. The molecule has 0 aromatic heterocycles. The van der Waals surface area contributed by atoms with E-state index in [1.807, 2.05) is 0 Å². The van der Waals surface area contributed by atoms with E-state index in [1.54, 1.807) is 0 Å². The minimum absolute atomic E-state index is 0.376. The van der Waals surface area contributed by atoms with Gasteiger partial charge in [-0.05, 0) is 48.1 Å². The molecule has 0 spiro atoms. The fourth-order valence-corrected chi connectivity index (χ4v) is 2.85. The normalized spacial score (nSPS) is 12.6. The number of hydrogen-bond donors (Lipinski definition) is 1. The molecule has 0 aliphatic heterocycles. The smallest absolute Gasteiger partial charge is 0.0297 e. The Bertz CT molecular complexity index is 554. The summed E-state index contributed by atoms with van der Waals surface area (Å²) in [4.78, 5) is 0. The van der Waals surface area contributed by atoms with E-state index in [4.69, 9.17) is 0 Å². The van der Waals surface area contributed by atoms with Crippen LogP contribution in [0, 0.1) is 5.92 Å². The summed E-state index contributed by atoms with van der Waals surface area (Å²) >= 11 is 0. The molecule has 0 bridgehead atoms. The highest BCUT2D eigenvalue weighted by molar-refractivity contribution is 5.68. The second kappa shape index (κ2) is 7.42. The molecule has 2 aromatic carbocycles. The number of rotatable bonds is 6. The third-order valence-electron chi connectivity index (χ3n) is 3.85. The molecule has 0 saturated heterocycles. The van der Waals surface area contributed by atoms with E-state index in [2.05, 4.69) is 81.5 Å². The summed E-state index contributed by atoms with van der Waals surface area (Å²) in [6.07, 6.45) is 1.15. The fourth-order valence-electron chi connectivity index (χ4n) is 2.85. The summed E-state index contributed by atoms with van der Waals surface area (Å²) in [5, 5.41) is 3.51. The van der Waals surface area contributed by atoms with Gasteiger partial charge in [-0.1, -0.05) is 69.3 Å². The van der Waals surface area contributed by atoms with Gasteiger partial charge in [-0.2, -0.15) is 0 Å². The van der Waals surface area contributed by atoms with Crippen LogP contribution in [0.1, 0.15) is 44.9 Å². The largest absolute Gasteiger partial charge is 0.310 e. The lowest BCUT2D eigenvalue weighted by molar-refractivity contribution is 0.599. The molecule has 1 N–H and O–H groups in total. The maximum atomic E-state index is 3.51. The summed E-state index contributed by atoms with van der Waals surface area (Å²) in [5.74, 6) is 0.705. The molecule has 0 fully saturated rings. The van der Waals surface area contributed by atoms with Crippen molar-refractivity contribution in [2.75, 3.05) is 6.54 Å². The standard InChI is InChI=1S/C20H27N/c1-5-21-16(4)19-8-6-7-9-20(19)18-12-10-17(11-13-18)14-15(2)3/h6-13,15-16,21H,5,14H2,1-4H3. The Morgan fingerprint density at radius 3 is 2.19 bits per heavy atom. The molecule has 1 nitrogen and oxygen atoms in total. The average Bonchev–Trinajstić information content (AvgIpc) is 2.48. The second-order valence-electron chi connectivity index (χ2n) is 6.16. The van der Waals surface area contributed by atoms with Crippen molar-refractivity contribution in [3.05, 3.63) is 59.7 Å². The predicted molar refractivity (Wildman–Crippen MR) is 92.5 cm³/mol. The van der Waals surface area contributed by atoms with Crippen LogP contribution in [0.4, 0.5) is 0 Å². The van der Waals surface area contributed by atoms with Crippen LogP contribution in [-0.4, -0.2) is 6.54 Å². The molecule has 1 atom stereocenters. The van der Waals surface area contributed by atoms with Crippen molar-refractivity contribution in [1.29, 1.82) is 0 Å². The van der Waals surface area contributed by atoms with Gasteiger partial charge in [0.1, 0.15) is 0 Å². The molecule has 1 heteroatoms. The van der Waals surface area contributed by atoms with E-state index in [0.717, 1.165) is 13.0 Å². The van der Waals surface area contributed by atoms with Crippen molar-refractivity contribution in [1.82, 2.24) is 5.32 Å². The number of benzene rings is 2. The Morgan fingerprint density at radius 1 is 0.905 bits per heavy atom. The molecule has 2 rings (SSSR count). The van der Waals surface area contributed by atoms with Crippen molar-refractivity contribution in [3.8, 4) is 11.1 Å². The molecule has 0 radical (unpaired) electrons. The van der Waals surface area contributed by atoms with Gasteiger partial charge in [-0.3, -0.25) is 0 Å². The summed E-state index contributed by atoms with van der Waals surface area (Å²) in [6.45, 7) is 9.90. The Kier molecular flexibility index (Phi) is 5.58. The first kappa shape index (κ1) is 15.8. The molecule has 1 unspecified atom stereocenters. The SMILES string of the molecule is CCNC(C)c1ccccc1-c1ccc(CC(C)C)cc1. The van der Waals surface area contributed by atoms with Gasteiger partial charge in [0, 0.05) is 6.04 Å². The topological polar surface area (TPSA) is 12.0 Å². The fraction of sp³-hybridized carbons (Fsp3) is 0.400. The minimum Gasteiger partial charge on any atom is -0.310 e. The van der Waals surface area contributed by atoms with E-state index in [9.17, 15) is 0 Å². The first-order valence-electron chi connectivity index (χ1n) is 8.03. The lowest BCUT2D eigenvalue weighted by Gasteiger charge is -2.17. The lowest BCUT2D eigenvalue weighted by Crippen LogP contribution is -2.18. The van der Waals surface area contributed by atoms with E-state index in [1.165, 1.54) is 22.3 Å². The Labute approximate surface area is 129 Å². The predicted octanol–water partition coefficient (Wildman–Crippen LogP) is 5.22. The van der Waals surface area contributed by atoms with Crippen LogP contribution in [-0.2, 0) is 6.42 Å². The van der Waals surface area contributed by atoms with Crippen molar-refractivity contribution in [3.63, 3.8) is 0 Å². The van der Waals surface area contributed by atoms with E-state index in [-0.39, 0.29) is 0 Å². The average molecular weight is 281 g/mol. The molecule has 0 heterocycles. The van der Waals surface area contributed by atoms with Gasteiger partial charge in [-0.25, -0.2) is 0 Å². The third-order valence-corrected chi connectivity index (χ3v) is 3.85. The summed E-state index contributed by atoms with van der Waals surface area (Å²) in [5.41, 5.74) is 5.44. The monoisotopic (exact) mass is 281 g/mol. The van der Waals surface area contributed by atoms with Crippen LogP contribution < -0.4 is 5.32 Å². The van der Waals surface area contributed by atoms with Gasteiger partial charge in [0.05, 0.1) is 0 Å². The van der Waals surface area contributed by atoms with Crippen molar-refractivity contribution in [2.45, 2.75) is 40.2 Å². The first-order valence-corrected chi connectivity index (χ1v) is 8.03. The van der Waals surface area contributed by atoms with Crippen molar-refractivity contribution < 1.29 is 0 Å². The molecular weight excluding hydrogens is 254 g/mol. The van der Waals surface area contributed by atoms with Crippen LogP contribution in [0.2, 0.25) is 0 Å². The van der Waals surface area contributed by atoms with Gasteiger partial charge in [0.25, 0.3) is 0 Å². The minimum atomic E-state index is 0.376. The Morgan fingerprint density at radius 2 is 1.57 bits per heavy atom. The summed E-state index contributed by atoms with van der Waals surface area (Å²) in [6, 6.07) is 18.1. The second-order valence-corrected chi connectivity index (χ2v) is 6.16. The molecule has 0 amide bonds. The van der Waals surface area contributed by atoms with Crippen LogP contribution in [0.25, 0.3) is 11.1 Å². The summed E-state index contributed by atoms with van der Waals surface area (Å²) in [7, 11) is 0. The molecular formula is C20H27N. The van der Waals surface area contributed by atoms with Crippen LogP contribution in [0.15, 0.2) is 48.5 Å². The quantitative estimate of drug-likeness (QED) is 0.765. The molecule has 0 aliphatic rings. The van der Waals surface area contributed by atoms with Crippen LogP contribution in [0.3, 0.4) is 0 Å². The highest BCUT2D eigenvalue weighted by Crippen LogP contribution is 2.28. The summed E-state index contributed by atoms with van der Waals surface area (Å²) < 4.78 is 0. The molecule has 0 saturated carbocycles. The lowest BCUT2D eigenvalue weighted by atomic mass is 9.94. The Balaban J connectivity index is 2.29. The van der Waals surface area contributed by atoms with Gasteiger partial charge < -0.3 is 5.32 Å². The van der Waals surface area contributed by atoms with E-state index >= 15 is 0 Å². The van der Waals surface area contributed by atoms with Crippen LogP contribution >= 0.6 is 0 Å². The molecule has 21 heavy (non-hydrogen) atoms. The molecule has 0 aliphatic carbocycles. The third kappa shape index (κ3) is 4.18.